The van der Waals surface area contributed by atoms with Gasteiger partial charge in [-0.15, -0.1) is 0 Å². The van der Waals surface area contributed by atoms with Gasteiger partial charge in [-0.05, 0) is 73.0 Å². The van der Waals surface area contributed by atoms with Gasteiger partial charge in [0.2, 0.25) is 17.7 Å². The van der Waals surface area contributed by atoms with Crippen molar-refractivity contribution in [2.24, 2.45) is 11.5 Å². The Morgan fingerprint density at radius 1 is 0.923 bits per heavy atom. The Balaban J connectivity index is 1.72. The van der Waals surface area contributed by atoms with Crippen LogP contribution in [0.15, 0.2) is 71.1 Å². The smallest absolute Gasteiger partial charge is 0.270 e. The van der Waals surface area contributed by atoms with Crippen LogP contribution in [-0.4, -0.2) is 43.4 Å². The number of primary amides is 2. The Labute approximate surface area is 229 Å². The van der Waals surface area contributed by atoms with Crippen LogP contribution in [-0.2, 0) is 9.59 Å². The molecule has 1 saturated heterocycles. The highest BCUT2D eigenvalue weighted by atomic mass is 32.1. The number of benzene rings is 2. The van der Waals surface area contributed by atoms with Gasteiger partial charge in [-0.1, -0.05) is 18.2 Å². The number of carbonyl (C=O) groups excluding carboxylic acids is 4. The van der Waals surface area contributed by atoms with Crippen molar-refractivity contribution in [2.45, 2.75) is 0 Å². The first-order valence-corrected chi connectivity index (χ1v) is 11.8. The highest BCUT2D eigenvalue weighted by Crippen LogP contribution is 2.22. The molecule has 7 N–H and O–H groups in total. The number of rotatable bonds is 6. The number of nitrogens with zero attached hydrogens (tertiary/aromatic N) is 2. The average molecular weight is 563 g/mol. The summed E-state index contributed by atoms with van der Waals surface area (Å²) in [6.45, 7) is 0. The maximum atomic E-state index is 13.2. The molecular formula is C25H18N6O6S2. The molecule has 0 unspecified atom stereocenters. The lowest BCUT2D eigenvalue weighted by atomic mass is 10.1. The van der Waals surface area contributed by atoms with Crippen molar-refractivity contribution < 1.29 is 24.3 Å². The summed E-state index contributed by atoms with van der Waals surface area (Å²) < 4.78 is 0.886. The molecule has 4 rings (SSSR count). The lowest BCUT2D eigenvalue weighted by molar-refractivity contribution is -0.122. The van der Waals surface area contributed by atoms with Gasteiger partial charge in [-0.2, -0.15) is 0 Å². The number of H-pyrrole nitrogens is 1. The van der Waals surface area contributed by atoms with Crippen molar-refractivity contribution >= 4 is 64.9 Å². The number of carbonyl (C=O) groups is 4. The lowest BCUT2D eigenvalue weighted by Gasteiger charge is -2.28. The number of hydrogen-bond acceptors (Lipinski definition) is 8. The third-order valence-corrected chi connectivity index (χ3v) is 6.09. The molecule has 0 bridgehead atoms. The molecule has 2 heterocycles. The van der Waals surface area contributed by atoms with Crippen LogP contribution in [0, 0.1) is 4.77 Å². The molecule has 1 aliphatic rings. The minimum absolute atomic E-state index is 0.125. The minimum atomic E-state index is -0.799. The number of hydrogen-bond donors (Lipinski definition) is 5. The van der Waals surface area contributed by atoms with Crippen molar-refractivity contribution in [2.75, 3.05) is 4.90 Å². The lowest BCUT2D eigenvalue weighted by Crippen LogP contribution is -2.54. The molecule has 14 heteroatoms. The first-order chi connectivity index (χ1) is 18.5. The summed E-state index contributed by atoms with van der Waals surface area (Å²) in [6, 6.07) is 11.6. The van der Waals surface area contributed by atoms with Gasteiger partial charge in [0.25, 0.3) is 17.4 Å². The van der Waals surface area contributed by atoms with Crippen LogP contribution >= 0.6 is 24.4 Å². The van der Waals surface area contributed by atoms with E-state index in [1.807, 2.05) is 0 Å². The van der Waals surface area contributed by atoms with Gasteiger partial charge in [-0.3, -0.25) is 38.8 Å². The van der Waals surface area contributed by atoms with Crippen molar-refractivity contribution in [1.82, 2.24) is 14.9 Å². The van der Waals surface area contributed by atoms with E-state index < -0.39 is 35.1 Å². The molecule has 39 heavy (non-hydrogen) atoms. The summed E-state index contributed by atoms with van der Waals surface area (Å²) in [5.41, 5.74) is 9.95. The standard InChI is InChI=1S/C25H18N6O6S2/c26-18(32)12-4-1-6-14(10-12)30-22(36)16(20(34)28-24(30)38)8-3-9-17-21(35)29-25(39)31(23(17)37)15-7-2-5-13(11-15)19(27)33/h1-11,34H,(H2,26,32)(H2,27,33)(H,28,38)(H,29,35,39). The van der Waals surface area contributed by atoms with E-state index in [0.717, 1.165) is 21.6 Å². The molecule has 196 valence electrons. The molecule has 3 aromatic rings. The maximum absolute atomic E-state index is 13.2. The van der Waals surface area contributed by atoms with Crippen LogP contribution < -0.4 is 27.2 Å². The van der Waals surface area contributed by atoms with Gasteiger partial charge in [-0.25, -0.2) is 0 Å². The molecular weight excluding hydrogens is 544 g/mol. The molecule has 4 amide bonds. The van der Waals surface area contributed by atoms with E-state index in [9.17, 15) is 29.1 Å². The summed E-state index contributed by atoms with van der Waals surface area (Å²) in [5, 5.41) is 12.5. The molecule has 2 aromatic carbocycles. The number of nitrogens with two attached hydrogens (primary N) is 2. The Hall–Kier alpha value is -5.21. The van der Waals surface area contributed by atoms with E-state index in [2.05, 4.69) is 10.3 Å². The fourth-order valence-electron chi connectivity index (χ4n) is 3.67. The second kappa shape index (κ2) is 10.6. The first-order valence-electron chi connectivity index (χ1n) is 11.0. The fraction of sp³-hybridized carbons (Fsp3) is 0. The van der Waals surface area contributed by atoms with Crippen LogP contribution in [0.3, 0.4) is 0 Å². The highest BCUT2D eigenvalue weighted by Gasteiger charge is 2.34. The number of aromatic nitrogens is 2. The summed E-state index contributed by atoms with van der Waals surface area (Å²) in [7, 11) is 0. The number of amides is 4. The van der Waals surface area contributed by atoms with Gasteiger partial charge in [0.15, 0.2) is 9.88 Å². The summed E-state index contributed by atoms with van der Waals surface area (Å²) in [4.78, 5) is 65.5. The fourth-order valence-corrected chi connectivity index (χ4v) is 4.24. The molecule has 1 aliphatic heterocycles. The highest BCUT2D eigenvalue weighted by molar-refractivity contribution is 7.80. The van der Waals surface area contributed by atoms with Gasteiger partial charge in [0.1, 0.15) is 11.1 Å². The van der Waals surface area contributed by atoms with Crippen molar-refractivity contribution in [3.05, 3.63) is 98.1 Å². The quantitative estimate of drug-likeness (QED) is 0.168. The van der Waals surface area contributed by atoms with E-state index in [1.165, 1.54) is 54.6 Å². The Morgan fingerprint density at radius 3 is 2.13 bits per heavy atom. The normalized spacial score (nSPS) is 14.6. The average Bonchev–Trinajstić information content (AvgIpc) is 2.87. The first kappa shape index (κ1) is 26.8. The SMILES string of the molecule is NC(=O)c1cccc(N2C(=O)C(=CC=Cc3c(O)[nH]c(=S)n(-c4cccc(C(N)=O)c4)c3=O)C(=O)NC2=S)c1. The number of aromatic amines is 1. The van der Waals surface area contributed by atoms with Crippen molar-refractivity contribution in [1.29, 1.82) is 0 Å². The molecule has 0 aliphatic carbocycles. The molecule has 1 fully saturated rings. The monoisotopic (exact) mass is 562 g/mol. The van der Waals surface area contributed by atoms with Crippen LogP contribution in [0.2, 0.25) is 0 Å². The van der Waals surface area contributed by atoms with Gasteiger partial charge < -0.3 is 21.6 Å². The van der Waals surface area contributed by atoms with E-state index >= 15 is 0 Å². The second-order valence-electron chi connectivity index (χ2n) is 8.00. The van der Waals surface area contributed by atoms with E-state index in [0.29, 0.717) is 0 Å². The number of nitrogens with one attached hydrogen (secondary N) is 2. The molecule has 0 spiro atoms. The Bertz CT molecular complexity index is 1770. The van der Waals surface area contributed by atoms with Gasteiger partial charge >= 0.3 is 0 Å². The minimum Gasteiger partial charge on any atom is -0.494 e. The van der Waals surface area contributed by atoms with Crippen LogP contribution in [0.5, 0.6) is 5.88 Å². The van der Waals surface area contributed by atoms with Crippen LogP contribution in [0.1, 0.15) is 26.3 Å². The van der Waals surface area contributed by atoms with E-state index in [4.69, 9.17) is 35.9 Å². The van der Waals surface area contributed by atoms with E-state index in [1.54, 1.807) is 0 Å². The zero-order chi connectivity index (χ0) is 28.4. The van der Waals surface area contributed by atoms with Crippen LogP contribution in [0.25, 0.3) is 11.8 Å². The van der Waals surface area contributed by atoms with Crippen molar-refractivity contribution in [3.8, 4) is 11.6 Å². The molecule has 0 radical (unpaired) electrons. The zero-order valence-corrected chi connectivity index (χ0v) is 21.3. The maximum Gasteiger partial charge on any atom is 0.270 e. The molecule has 12 nitrogen and oxygen atoms in total. The molecule has 0 saturated carbocycles. The largest absolute Gasteiger partial charge is 0.494 e. The van der Waals surface area contributed by atoms with Crippen molar-refractivity contribution in [3.63, 3.8) is 0 Å². The summed E-state index contributed by atoms with van der Waals surface area (Å²) in [5.74, 6) is -3.59. The van der Waals surface area contributed by atoms with Gasteiger partial charge in [0.05, 0.1) is 11.4 Å². The van der Waals surface area contributed by atoms with Crippen LogP contribution in [0.4, 0.5) is 5.69 Å². The second-order valence-corrected chi connectivity index (χ2v) is 8.77. The van der Waals surface area contributed by atoms with E-state index in [-0.39, 0.29) is 43.5 Å². The zero-order valence-electron chi connectivity index (χ0n) is 19.7. The Morgan fingerprint density at radius 2 is 1.51 bits per heavy atom. The number of thiocarbonyl (C=S) groups is 1. The number of anilines is 1. The predicted molar refractivity (Wildman–Crippen MR) is 148 cm³/mol. The molecule has 0 atom stereocenters. The molecule has 1 aromatic heterocycles. The summed E-state index contributed by atoms with van der Waals surface area (Å²) in [6.07, 6.45) is 3.50. The van der Waals surface area contributed by atoms with Gasteiger partial charge in [0, 0.05) is 11.1 Å². The summed E-state index contributed by atoms with van der Waals surface area (Å²) >= 11 is 10.3. The topological polar surface area (TPSA) is 194 Å². The Kier molecular flexibility index (Phi) is 7.33. The third kappa shape index (κ3) is 5.27. The third-order valence-electron chi connectivity index (χ3n) is 5.52. The number of aromatic hydroxyl groups is 1. The number of allylic oxidation sites excluding steroid dienone is 2. The predicted octanol–water partition coefficient (Wildman–Crippen LogP) is 1.19.